The van der Waals surface area contributed by atoms with Gasteiger partial charge in [0.05, 0.1) is 24.2 Å². The summed E-state index contributed by atoms with van der Waals surface area (Å²) in [7, 11) is 3.66. The van der Waals surface area contributed by atoms with Crippen molar-refractivity contribution in [3.8, 4) is 11.5 Å². The van der Waals surface area contributed by atoms with Crippen LogP contribution in [0.1, 0.15) is 29.8 Å². The van der Waals surface area contributed by atoms with E-state index in [1.54, 1.807) is 18.4 Å². The summed E-state index contributed by atoms with van der Waals surface area (Å²) >= 11 is 5.28. The summed E-state index contributed by atoms with van der Waals surface area (Å²) < 4.78 is 11.9. The molecule has 1 heterocycles. The molecule has 2 aromatic rings. The molecule has 21 heavy (non-hydrogen) atoms. The van der Waals surface area contributed by atoms with Crippen molar-refractivity contribution in [2.75, 3.05) is 20.8 Å². The van der Waals surface area contributed by atoms with Gasteiger partial charge in [0.2, 0.25) is 0 Å². The van der Waals surface area contributed by atoms with Crippen molar-refractivity contribution in [1.29, 1.82) is 0 Å². The first-order valence-corrected chi connectivity index (χ1v) is 8.58. The summed E-state index contributed by atoms with van der Waals surface area (Å²) in [6.07, 6.45) is 1.00. The lowest BCUT2D eigenvalue weighted by molar-refractivity contribution is 0.315. The van der Waals surface area contributed by atoms with Gasteiger partial charge in [0, 0.05) is 10.3 Å². The van der Waals surface area contributed by atoms with Crippen LogP contribution in [0.25, 0.3) is 0 Å². The van der Waals surface area contributed by atoms with Gasteiger partial charge in [-0.05, 0) is 53.2 Å². The van der Waals surface area contributed by atoms with Crippen molar-refractivity contribution in [1.82, 2.24) is 5.32 Å². The second-order valence-corrected chi connectivity index (χ2v) is 6.45. The molecule has 0 spiro atoms. The summed E-state index contributed by atoms with van der Waals surface area (Å²) in [6, 6.07) is 8.45. The molecule has 0 radical (unpaired) electrons. The second-order valence-electron chi connectivity index (χ2n) is 4.65. The second kappa shape index (κ2) is 7.82. The Balaban J connectivity index is 2.24. The molecule has 1 unspecified atom stereocenters. The molecule has 1 aromatic heterocycles. The molecule has 2 rings (SSSR count). The van der Waals surface area contributed by atoms with E-state index in [4.69, 9.17) is 9.47 Å². The van der Waals surface area contributed by atoms with Crippen LogP contribution in [-0.4, -0.2) is 20.8 Å². The molecule has 0 fully saturated rings. The van der Waals surface area contributed by atoms with E-state index >= 15 is 0 Å². The Morgan fingerprint density at radius 2 is 2.14 bits per heavy atom. The third-order valence-corrected chi connectivity index (χ3v) is 4.75. The minimum Gasteiger partial charge on any atom is -0.496 e. The molecule has 1 atom stereocenters. The number of ether oxygens (including phenoxy) is 2. The third-order valence-electron chi connectivity index (χ3n) is 3.16. The molecule has 0 aliphatic heterocycles. The highest BCUT2D eigenvalue weighted by molar-refractivity contribution is 9.10. The number of hydrogen-bond donors (Lipinski definition) is 1. The summed E-state index contributed by atoms with van der Waals surface area (Å²) in [5, 5.41) is 5.38. The van der Waals surface area contributed by atoms with Crippen LogP contribution in [-0.2, 0) is 0 Å². The van der Waals surface area contributed by atoms with Crippen molar-refractivity contribution >= 4 is 27.3 Å². The number of rotatable bonds is 7. The highest BCUT2D eigenvalue weighted by atomic mass is 79.9. The van der Waals surface area contributed by atoms with Crippen LogP contribution in [0.2, 0.25) is 0 Å². The topological polar surface area (TPSA) is 30.5 Å². The van der Waals surface area contributed by atoms with Crippen LogP contribution in [0.5, 0.6) is 11.5 Å². The van der Waals surface area contributed by atoms with Crippen LogP contribution < -0.4 is 14.8 Å². The summed E-state index contributed by atoms with van der Waals surface area (Å²) in [5.41, 5.74) is 1.19. The van der Waals surface area contributed by atoms with Crippen LogP contribution in [0.3, 0.4) is 0 Å². The number of hydrogen-bond acceptors (Lipinski definition) is 4. The maximum atomic E-state index is 5.70. The largest absolute Gasteiger partial charge is 0.496 e. The molecule has 114 valence electrons. The molecular weight excluding hydrogens is 350 g/mol. The summed E-state index contributed by atoms with van der Waals surface area (Å²) in [4.78, 5) is 1.23. The molecule has 0 bridgehead atoms. The van der Waals surface area contributed by atoms with E-state index in [-0.39, 0.29) is 6.04 Å². The van der Waals surface area contributed by atoms with Gasteiger partial charge in [0.1, 0.15) is 11.5 Å². The molecule has 5 heteroatoms. The Hall–Kier alpha value is -1.04. The Morgan fingerprint density at radius 3 is 2.71 bits per heavy atom. The molecule has 0 aliphatic rings. The molecule has 0 amide bonds. The number of halogens is 1. The van der Waals surface area contributed by atoms with Gasteiger partial charge >= 0.3 is 0 Å². The van der Waals surface area contributed by atoms with Crippen molar-refractivity contribution in [2.45, 2.75) is 19.4 Å². The quantitative estimate of drug-likeness (QED) is 0.772. The molecule has 1 N–H and O–H groups in total. The Labute approximate surface area is 138 Å². The molecular formula is C16H20BrNO2S. The van der Waals surface area contributed by atoms with Crippen LogP contribution in [0, 0.1) is 0 Å². The zero-order valence-corrected chi connectivity index (χ0v) is 14.9. The Kier molecular flexibility index (Phi) is 6.08. The highest BCUT2D eigenvalue weighted by Crippen LogP contribution is 2.34. The van der Waals surface area contributed by atoms with E-state index in [2.05, 4.69) is 46.4 Å². The SMILES string of the molecule is CCCOc1ccc(C(NC)c2cc(OC)cs2)cc1Br. The van der Waals surface area contributed by atoms with Gasteiger partial charge in [-0.15, -0.1) is 11.3 Å². The lowest BCUT2D eigenvalue weighted by atomic mass is 10.1. The maximum Gasteiger partial charge on any atom is 0.133 e. The maximum absolute atomic E-state index is 5.70. The van der Waals surface area contributed by atoms with E-state index in [0.717, 1.165) is 29.0 Å². The Bertz CT molecular complexity index is 585. The van der Waals surface area contributed by atoms with Crippen LogP contribution >= 0.6 is 27.3 Å². The van der Waals surface area contributed by atoms with E-state index in [1.165, 1.54) is 10.4 Å². The number of nitrogens with one attached hydrogen (secondary N) is 1. The number of thiophene rings is 1. The average molecular weight is 370 g/mol. The normalized spacial score (nSPS) is 12.2. The highest BCUT2D eigenvalue weighted by Gasteiger charge is 2.16. The predicted octanol–water partition coefficient (Wildman–Crippen LogP) is 4.62. The van der Waals surface area contributed by atoms with Crippen LogP contribution in [0.15, 0.2) is 34.1 Å². The first kappa shape index (κ1) is 16.3. The van der Waals surface area contributed by atoms with Crippen LogP contribution in [0.4, 0.5) is 0 Å². The summed E-state index contributed by atoms with van der Waals surface area (Å²) in [6.45, 7) is 2.83. The monoisotopic (exact) mass is 369 g/mol. The lowest BCUT2D eigenvalue weighted by Crippen LogP contribution is -2.16. The van der Waals surface area contributed by atoms with Gasteiger partial charge in [0.25, 0.3) is 0 Å². The van der Waals surface area contributed by atoms with Gasteiger partial charge in [-0.25, -0.2) is 0 Å². The van der Waals surface area contributed by atoms with Gasteiger partial charge in [-0.3, -0.25) is 0 Å². The van der Waals surface area contributed by atoms with E-state index in [0.29, 0.717) is 0 Å². The van der Waals surface area contributed by atoms with Crippen molar-refractivity contribution < 1.29 is 9.47 Å². The zero-order valence-electron chi connectivity index (χ0n) is 12.5. The van der Waals surface area contributed by atoms with Gasteiger partial charge in [0.15, 0.2) is 0 Å². The Morgan fingerprint density at radius 1 is 1.33 bits per heavy atom. The van der Waals surface area contributed by atoms with Gasteiger partial charge in [-0.1, -0.05) is 13.0 Å². The minimum atomic E-state index is 0.149. The number of methoxy groups -OCH3 is 1. The first-order valence-electron chi connectivity index (χ1n) is 6.91. The average Bonchev–Trinajstić information content (AvgIpc) is 2.96. The number of benzene rings is 1. The first-order chi connectivity index (χ1) is 10.2. The lowest BCUT2D eigenvalue weighted by Gasteiger charge is -2.16. The van der Waals surface area contributed by atoms with E-state index in [9.17, 15) is 0 Å². The molecule has 0 saturated carbocycles. The molecule has 0 saturated heterocycles. The van der Waals surface area contributed by atoms with Crippen molar-refractivity contribution in [2.24, 2.45) is 0 Å². The fourth-order valence-electron chi connectivity index (χ4n) is 2.09. The fraction of sp³-hybridized carbons (Fsp3) is 0.375. The minimum absolute atomic E-state index is 0.149. The smallest absolute Gasteiger partial charge is 0.133 e. The molecule has 3 nitrogen and oxygen atoms in total. The zero-order chi connectivity index (χ0) is 15.2. The third kappa shape index (κ3) is 3.99. The summed E-state index contributed by atoms with van der Waals surface area (Å²) in [5.74, 6) is 1.79. The van der Waals surface area contributed by atoms with Gasteiger partial charge in [-0.2, -0.15) is 0 Å². The van der Waals surface area contributed by atoms with Crippen molar-refractivity contribution in [3.05, 3.63) is 44.6 Å². The van der Waals surface area contributed by atoms with Gasteiger partial charge < -0.3 is 14.8 Å². The molecule has 0 aliphatic carbocycles. The fourth-order valence-corrected chi connectivity index (χ4v) is 3.59. The standard InChI is InChI=1S/C16H20BrNO2S/c1-4-7-20-14-6-5-11(8-13(14)17)16(18-2)15-9-12(19-3)10-21-15/h5-6,8-10,16,18H,4,7H2,1-3H3. The van der Waals surface area contributed by atoms with E-state index < -0.39 is 0 Å². The molecule has 1 aromatic carbocycles. The van der Waals surface area contributed by atoms with Crippen molar-refractivity contribution in [3.63, 3.8) is 0 Å². The van der Waals surface area contributed by atoms with E-state index in [1.807, 2.05) is 18.5 Å². The predicted molar refractivity (Wildman–Crippen MR) is 91.7 cm³/mol.